The van der Waals surface area contributed by atoms with Gasteiger partial charge in [0, 0.05) is 31.2 Å². The Kier molecular flexibility index (Phi) is 5.13. The lowest BCUT2D eigenvalue weighted by molar-refractivity contribution is 0.0948. The zero-order valence-electron chi connectivity index (χ0n) is 15.2. The number of carbonyl (C=O) groups excluding carboxylic acids is 1. The number of sulfone groups is 1. The number of carbonyl (C=O) groups is 1. The van der Waals surface area contributed by atoms with Crippen LogP contribution < -0.4 is 14.8 Å². The van der Waals surface area contributed by atoms with Crippen molar-refractivity contribution in [1.82, 2.24) is 15.3 Å². The highest BCUT2D eigenvalue weighted by Crippen LogP contribution is 2.37. The van der Waals surface area contributed by atoms with Crippen LogP contribution in [0, 0.1) is 0 Å². The molecular weight excluding hydrogens is 394 g/mol. The molecule has 1 N–H and O–H groups in total. The van der Waals surface area contributed by atoms with Crippen molar-refractivity contribution in [2.45, 2.75) is 10.1 Å². The average molecular weight is 411 g/mol. The largest absolute Gasteiger partial charge is 0.454 e. The lowest BCUT2D eigenvalue weighted by atomic mass is 10.2. The highest BCUT2D eigenvalue weighted by atomic mass is 32.2. The van der Waals surface area contributed by atoms with Crippen LogP contribution in [0.1, 0.15) is 21.3 Å². The number of hydrogen-bond donors (Lipinski definition) is 1. The minimum atomic E-state index is -3.86. The van der Waals surface area contributed by atoms with Crippen molar-refractivity contribution in [1.29, 1.82) is 0 Å². The van der Waals surface area contributed by atoms with E-state index in [2.05, 4.69) is 15.3 Å². The molecule has 0 saturated heterocycles. The summed E-state index contributed by atoms with van der Waals surface area (Å²) in [5.41, 5.74) is 0.671. The molecule has 1 aliphatic heterocycles. The van der Waals surface area contributed by atoms with E-state index in [1.54, 1.807) is 42.6 Å². The molecule has 148 valence electrons. The third-order valence-corrected chi connectivity index (χ3v) is 6.55. The van der Waals surface area contributed by atoms with Crippen molar-refractivity contribution in [3.63, 3.8) is 0 Å². The number of amides is 1. The minimum absolute atomic E-state index is 0.0466. The second kappa shape index (κ2) is 7.88. The first-order chi connectivity index (χ1) is 14.1. The summed E-state index contributed by atoms with van der Waals surface area (Å²) in [6, 6.07) is 12.7. The van der Waals surface area contributed by atoms with Gasteiger partial charge >= 0.3 is 0 Å². The van der Waals surface area contributed by atoms with Gasteiger partial charge in [0.1, 0.15) is 10.9 Å². The predicted molar refractivity (Wildman–Crippen MR) is 103 cm³/mol. The lowest BCUT2D eigenvalue weighted by Crippen LogP contribution is -2.32. The summed E-state index contributed by atoms with van der Waals surface area (Å²) in [4.78, 5) is 20.5. The molecule has 0 aliphatic carbocycles. The number of rotatable bonds is 6. The molecule has 0 saturated carbocycles. The van der Waals surface area contributed by atoms with Crippen molar-refractivity contribution >= 4 is 15.7 Å². The molecule has 1 atom stereocenters. The SMILES string of the molecule is O=C(NC[C@@H](c1cccnc1)S(=O)(=O)c1ccc2c(c1)OCO2)c1ccccn1. The highest BCUT2D eigenvalue weighted by Gasteiger charge is 2.31. The maximum atomic E-state index is 13.4. The summed E-state index contributed by atoms with van der Waals surface area (Å²) in [7, 11) is -3.86. The van der Waals surface area contributed by atoms with Crippen LogP contribution in [0.25, 0.3) is 0 Å². The van der Waals surface area contributed by atoms with E-state index in [-0.39, 0.29) is 23.9 Å². The first kappa shape index (κ1) is 18.9. The van der Waals surface area contributed by atoms with E-state index < -0.39 is 21.0 Å². The second-order valence-electron chi connectivity index (χ2n) is 6.26. The number of pyridine rings is 2. The smallest absolute Gasteiger partial charge is 0.269 e. The fourth-order valence-corrected chi connectivity index (χ4v) is 4.62. The quantitative estimate of drug-likeness (QED) is 0.662. The van der Waals surface area contributed by atoms with Gasteiger partial charge in [-0.2, -0.15) is 0 Å². The Morgan fingerprint density at radius 2 is 1.93 bits per heavy atom. The van der Waals surface area contributed by atoms with Gasteiger partial charge in [-0.25, -0.2) is 8.42 Å². The van der Waals surface area contributed by atoms with E-state index in [0.29, 0.717) is 17.1 Å². The van der Waals surface area contributed by atoms with E-state index >= 15 is 0 Å². The standard InChI is InChI=1S/C20H17N3O5S/c24-20(16-5-1-2-9-22-16)23-12-19(14-4-3-8-21-11-14)29(25,26)15-6-7-17-18(10-15)28-13-27-17/h1-11,19H,12-13H2,(H,23,24)/t19-/m0/s1. The van der Waals surface area contributed by atoms with E-state index in [0.717, 1.165) is 0 Å². The number of hydrogen-bond acceptors (Lipinski definition) is 7. The van der Waals surface area contributed by atoms with E-state index in [1.807, 2.05) is 0 Å². The number of fused-ring (bicyclic) bond motifs is 1. The van der Waals surface area contributed by atoms with Gasteiger partial charge < -0.3 is 14.8 Å². The molecular formula is C20H17N3O5S. The Morgan fingerprint density at radius 3 is 2.69 bits per heavy atom. The Balaban J connectivity index is 1.64. The van der Waals surface area contributed by atoms with Gasteiger partial charge in [0.05, 0.1) is 4.90 Å². The van der Waals surface area contributed by atoms with Crippen LogP contribution in [0.2, 0.25) is 0 Å². The third-order valence-electron chi connectivity index (χ3n) is 4.45. The van der Waals surface area contributed by atoms with E-state index in [9.17, 15) is 13.2 Å². The molecule has 1 aromatic carbocycles. The van der Waals surface area contributed by atoms with Crippen molar-refractivity contribution in [2.24, 2.45) is 0 Å². The minimum Gasteiger partial charge on any atom is -0.454 e. The molecule has 0 radical (unpaired) electrons. The average Bonchev–Trinajstić information content (AvgIpc) is 3.23. The molecule has 1 aliphatic rings. The summed E-state index contributed by atoms with van der Waals surface area (Å²) in [5, 5.41) is 1.62. The molecule has 0 bridgehead atoms. The zero-order valence-corrected chi connectivity index (χ0v) is 16.0. The monoisotopic (exact) mass is 411 g/mol. The van der Waals surface area contributed by atoms with Crippen molar-refractivity contribution < 1.29 is 22.7 Å². The van der Waals surface area contributed by atoms with Crippen LogP contribution in [0.4, 0.5) is 0 Å². The highest BCUT2D eigenvalue weighted by molar-refractivity contribution is 7.91. The molecule has 0 spiro atoms. The van der Waals surface area contributed by atoms with Crippen molar-refractivity contribution in [3.8, 4) is 11.5 Å². The molecule has 4 rings (SSSR count). The third kappa shape index (κ3) is 3.90. The summed E-state index contributed by atoms with van der Waals surface area (Å²) in [6.07, 6.45) is 4.53. The predicted octanol–water partition coefficient (Wildman–Crippen LogP) is 2.15. The Labute approximate surface area is 167 Å². The van der Waals surface area contributed by atoms with Gasteiger partial charge in [0.15, 0.2) is 21.3 Å². The van der Waals surface area contributed by atoms with Gasteiger partial charge in [0.25, 0.3) is 5.91 Å². The maximum absolute atomic E-state index is 13.4. The van der Waals surface area contributed by atoms with Gasteiger partial charge in [-0.1, -0.05) is 12.1 Å². The Hall–Kier alpha value is -3.46. The van der Waals surface area contributed by atoms with E-state index in [4.69, 9.17) is 9.47 Å². The molecule has 29 heavy (non-hydrogen) atoms. The summed E-state index contributed by atoms with van der Waals surface area (Å²) < 4.78 is 37.3. The fraction of sp³-hybridized carbons (Fsp3) is 0.150. The zero-order chi connectivity index (χ0) is 20.3. The van der Waals surface area contributed by atoms with Crippen LogP contribution in [-0.4, -0.2) is 37.6 Å². The normalized spacial score (nSPS) is 13.7. The van der Waals surface area contributed by atoms with Gasteiger partial charge in [-0.15, -0.1) is 0 Å². The fourth-order valence-electron chi connectivity index (χ4n) is 2.96. The van der Waals surface area contributed by atoms with Gasteiger partial charge in [-0.05, 0) is 35.9 Å². The molecule has 1 amide bonds. The first-order valence-electron chi connectivity index (χ1n) is 8.78. The summed E-state index contributed by atoms with van der Waals surface area (Å²) in [6.45, 7) is -0.0944. The van der Waals surface area contributed by atoms with Crippen LogP contribution in [0.5, 0.6) is 11.5 Å². The van der Waals surface area contributed by atoms with Crippen LogP contribution >= 0.6 is 0 Å². The lowest BCUT2D eigenvalue weighted by Gasteiger charge is -2.19. The summed E-state index contributed by atoms with van der Waals surface area (Å²) in [5.74, 6) is 0.402. The van der Waals surface area contributed by atoms with Gasteiger partial charge in [0.2, 0.25) is 6.79 Å². The van der Waals surface area contributed by atoms with Crippen molar-refractivity contribution in [3.05, 3.63) is 78.4 Å². The van der Waals surface area contributed by atoms with Gasteiger partial charge in [-0.3, -0.25) is 14.8 Å². The van der Waals surface area contributed by atoms with Crippen LogP contribution in [0.15, 0.2) is 72.0 Å². The van der Waals surface area contributed by atoms with E-state index in [1.165, 1.54) is 24.5 Å². The molecule has 9 heteroatoms. The second-order valence-corrected chi connectivity index (χ2v) is 8.39. The Bertz CT molecular complexity index is 1120. The van der Waals surface area contributed by atoms with Crippen LogP contribution in [0.3, 0.4) is 0 Å². The molecule has 8 nitrogen and oxygen atoms in total. The maximum Gasteiger partial charge on any atom is 0.269 e. The molecule has 3 aromatic rings. The topological polar surface area (TPSA) is 107 Å². The number of nitrogens with one attached hydrogen (secondary N) is 1. The molecule has 0 unspecified atom stereocenters. The number of aromatic nitrogens is 2. The Morgan fingerprint density at radius 1 is 1.07 bits per heavy atom. The number of benzene rings is 1. The summed E-state index contributed by atoms with van der Waals surface area (Å²) >= 11 is 0. The van der Waals surface area contributed by atoms with Crippen molar-refractivity contribution in [2.75, 3.05) is 13.3 Å². The molecule has 2 aromatic heterocycles. The molecule has 0 fully saturated rings. The first-order valence-corrected chi connectivity index (χ1v) is 10.3. The molecule has 3 heterocycles. The number of ether oxygens (including phenoxy) is 2. The van der Waals surface area contributed by atoms with Crippen LogP contribution in [-0.2, 0) is 9.84 Å². The number of nitrogens with zero attached hydrogens (tertiary/aromatic N) is 2.